The summed E-state index contributed by atoms with van der Waals surface area (Å²) in [6, 6.07) is 0. The first-order valence-electron chi connectivity index (χ1n) is 7.75. The van der Waals surface area contributed by atoms with Crippen molar-refractivity contribution in [2.45, 2.75) is 34.1 Å². The Kier molecular flexibility index (Phi) is 11.8. The van der Waals surface area contributed by atoms with Gasteiger partial charge in [0.1, 0.15) is 0 Å². The molecule has 0 unspecified atom stereocenters. The van der Waals surface area contributed by atoms with Crippen LogP contribution < -0.4 is 0 Å². The molecule has 0 saturated heterocycles. The van der Waals surface area contributed by atoms with E-state index < -0.39 is 43.7 Å². The molecule has 0 atom stereocenters. The quantitative estimate of drug-likeness (QED) is 0.158. The van der Waals surface area contributed by atoms with Crippen molar-refractivity contribution in [2.24, 2.45) is 5.41 Å². The van der Waals surface area contributed by atoms with E-state index in [1.807, 2.05) is 0 Å². The third-order valence-corrected chi connectivity index (χ3v) is 3.01. The predicted octanol–water partition coefficient (Wildman–Crippen LogP) is 0.994. The molecule has 0 aromatic heterocycles. The molecule has 0 aliphatic carbocycles. The maximum atomic E-state index is 12.3. The van der Waals surface area contributed by atoms with Gasteiger partial charge in [0.05, 0.1) is 0 Å². The Bertz CT molecular complexity index is 339. The fourth-order valence-corrected chi connectivity index (χ4v) is 1.59. The summed E-state index contributed by atoms with van der Waals surface area (Å²) >= 11 is 0. The number of carbonyl (C=O) groups is 3. The monoisotopic (exact) mass is 350 g/mol. The van der Waals surface area contributed by atoms with Crippen molar-refractivity contribution in [1.82, 2.24) is 0 Å². The largest absolute Gasteiger partial charge is 0.437 e. The van der Waals surface area contributed by atoms with E-state index in [9.17, 15) is 14.4 Å². The average Bonchev–Trinajstić information content (AvgIpc) is 2.56. The van der Waals surface area contributed by atoms with Crippen molar-refractivity contribution in [2.75, 3.05) is 40.2 Å². The highest BCUT2D eigenvalue weighted by atomic mass is 16.7. The lowest BCUT2D eigenvalue weighted by atomic mass is 9.85. The molecule has 0 N–H and O–H groups in total. The Morgan fingerprint density at radius 3 is 1.12 bits per heavy atom. The van der Waals surface area contributed by atoms with Gasteiger partial charge in [-0.25, -0.2) is 0 Å². The van der Waals surface area contributed by atoms with Crippen LogP contribution in [-0.4, -0.2) is 58.1 Å². The molecule has 0 rings (SSSR count). The topological polar surface area (TPSA) is 107 Å². The molecule has 0 aliphatic rings. The van der Waals surface area contributed by atoms with Gasteiger partial charge in [0.15, 0.2) is 20.4 Å². The van der Waals surface area contributed by atoms with Crippen LogP contribution in [0.3, 0.4) is 0 Å². The van der Waals surface area contributed by atoms with Crippen LogP contribution in [-0.2, 0) is 42.8 Å². The second kappa shape index (κ2) is 12.7. The summed E-state index contributed by atoms with van der Waals surface area (Å²) in [4.78, 5) is 37.0. The Labute approximate surface area is 141 Å². The molecule has 9 heteroatoms. The summed E-state index contributed by atoms with van der Waals surface area (Å²) in [5, 5.41) is 0. The molecule has 0 aromatic rings. The third kappa shape index (κ3) is 6.42. The first-order valence-corrected chi connectivity index (χ1v) is 7.75. The van der Waals surface area contributed by atoms with Crippen molar-refractivity contribution < 1.29 is 42.8 Å². The van der Waals surface area contributed by atoms with Gasteiger partial charge in [0.25, 0.3) is 5.41 Å². The van der Waals surface area contributed by atoms with Crippen LogP contribution in [0.5, 0.6) is 0 Å². The molecule has 0 aliphatic heterocycles. The lowest BCUT2D eigenvalue weighted by Gasteiger charge is -2.25. The lowest BCUT2D eigenvalue weighted by molar-refractivity contribution is -0.197. The summed E-state index contributed by atoms with van der Waals surface area (Å²) < 4.78 is 29.3. The van der Waals surface area contributed by atoms with E-state index in [2.05, 4.69) is 0 Å². The number of hydrogen-bond donors (Lipinski definition) is 0. The first kappa shape index (κ1) is 22.3. The van der Waals surface area contributed by atoms with Crippen LogP contribution >= 0.6 is 0 Å². The van der Waals surface area contributed by atoms with Gasteiger partial charge < -0.3 is 28.4 Å². The predicted molar refractivity (Wildman–Crippen MR) is 80.5 cm³/mol. The molecule has 0 spiro atoms. The van der Waals surface area contributed by atoms with Gasteiger partial charge in [0, 0.05) is 19.8 Å². The van der Waals surface area contributed by atoms with Crippen molar-refractivity contribution >= 4 is 17.9 Å². The molecule has 0 saturated carbocycles. The van der Waals surface area contributed by atoms with Gasteiger partial charge in [0.2, 0.25) is 0 Å². The Hall–Kier alpha value is -1.71. The zero-order valence-electron chi connectivity index (χ0n) is 14.6. The molecular formula is C15H26O9. The van der Waals surface area contributed by atoms with E-state index in [1.165, 1.54) is 6.92 Å². The molecule has 9 nitrogen and oxygen atoms in total. The van der Waals surface area contributed by atoms with Crippen LogP contribution in [0.4, 0.5) is 0 Å². The molecule has 0 fully saturated rings. The molecule has 24 heavy (non-hydrogen) atoms. The second-order valence-electron chi connectivity index (χ2n) is 4.39. The number of esters is 3. The average molecular weight is 350 g/mol. The second-order valence-corrected chi connectivity index (χ2v) is 4.39. The third-order valence-electron chi connectivity index (χ3n) is 3.01. The molecule has 0 aromatic carbocycles. The SMILES string of the molecule is CCOCOC(=O)C(CC)(C(=O)OCOCC)C(=O)OCOCC. The number of carbonyl (C=O) groups excluding carboxylic acids is 3. The van der Waals surface area contributed by atoms with E-state index >= 15 is 0 Å². The van der Waals surface area contributed by atoms with E-state index in [1.54, 1.807) is 20.8 Å². The van der Waals surface area contributed by atoms with E-state index in [0.717, 1.165) is 0 Å². The zero-order valence-corrected chi connectivity index (χ0v) is 14.6. The minimum atomic E-state index is -2.26. The van der Waals surface area contributed by atoms with E-state index in [0.29, 0.717) is 19.8 Å². The lowest BCUT2D eigenvalue weighted by Crippen LogP contribution is -2.49. The summed E-state index contributed by atoms with van der Waals surface area (Å²) in [5.41, 5.74) is -2.26. The fourth-order valence-electron chi connectivity index (χ4n) is 1.59. The summed E-state index contributed by atoms with van der Waals surface area (Å²) in [6.07, 6.45) is -0.214. The minimum absolute atomic E-state index is 0.214. The maximum Gasteiger partial charge on any atom is 0.337 e. The van der Waals surface area contributed by atoms with Crippen molar-refractivity contribution in [3.8, 4) is 0 Å². The highest BCUT2D eigenvalue weighted by molar-refractivity contribution is 6.17. The van der Waals surface area contributed by atoms with Crippen molar-refractivity contribution in [1.29, 1.82) is 0 Å². The summed E-state index contributed by atoms with van der Waals surface area (Å²) in [6.45, 7) is 6.29. The smallest absolute Gasteiger partial charge is 0.337 e. The van der Waals surface area contributed by atoms with Crippen LogP contribution in [0.1, 0.15) is 34.1 Å². The van der Waals surface area contributed by atoms with Crippen LogP contribution in [0.25, 0.3) is 0 Å². The molecule has 0 amide bonds. The van der Waals surface area contributed by atoms with Gasteiger partial charge in [-0.2, -0.15) is 0 Å². The Balaban J connectivity index is 5.21. The molecule has 140 valence electrons. The van der Waals surface area contributed by atoms with Gasteiger partial charge in [-0.15, -0.1) is 0 Å². The van der Waals surface area contributed by atoms with Crippen LogP contribution in [0, 0.1) is 5.41 Å². The highest BCUT2D eigenvalue weighted by Crippen LogP contribution is 2.28. The normalized spacial score (nSPS) is 11.0. The van der Waals surface area contributed by atoms with Gasteiger partial charge >= 0.3 is 17.9 Å². The van der Waals surface area contributed by atoms with E-state index in [-0.39, 0.29) is 6.42 Å². The number of ether oxygens (including phenoxy) is 6. The molecule has 0 radical (unpaired) electrons. The summed E-state index contributed by atoms with van der Waals surface area (Å²) in [7, 11) is 0. The summed E-state index contributed by atoms with van der Waals surface area (Å²) in [5.74, 6) is -3.33. The van der Waals surface area contributed by atoms with E-state index in [4.69, 9.17) is 28.4 Å². The fraction of sp³-hybridized carbons (Fsp3) is 0.800. The number of hydrogen-bond acceptors (Lipinski definition) is 9. The van der Waals surface area contributed by atoms with Gasteiger partial charge in [-0.05, 0) is 27.2 Å². The number of rotatable bonds is 13. The highest BCUT2D eigenvalue weighted by Gasteiger charge is 2.56. The maximum absolute atomic E-state index is 12.3. The van der Waals surface area contributed by atoms with Gasteiger partial charge in [-0.1, -0.05) is 6.92 Å². The molecule has 0 heterocycles. The Morgan fingerprint density at radius 2 is 0.917 bits per heavy atom. The van der Waals surface area contributed by atoms with Crippen LogP contribution in [0.2, 0.25) is 0 Å². The van der Waals surface area contributed by atoms with Crippen molar-refractivity contribution in [3.63, 3.8) is 0 Å². The van der Waals surface area contributed by atoms with Gasteiger partial charge in [-0.3, -0.25) is 14.4 Å². The standard InChI is InChI=1S/C15H26O9/c1-5-15(12(16)22-9-19-6-2,13(17)23-10-20-7-3)14(18)24-11-21-8-4/h5-11H2,1-4H3. The minimum Gasteiger partial charge on any atom is -0.437 e. The zero-order chi connectivity index (χ0) is 18.4. The van der Waals surface area contributed by atoms with Crippen LogP contribution in [0.15, 0.2) is 0 Å². The molecule has 0 bridgehead atoms. The molecular weight excluding hydrogens is 324 g/mol. The Morgan fingerprint density at radius 1 is 0.625 bits per heavy atom. The van der Waals surface area contributed by atoms with Crippen molar-refractivity contribution in [3.05, 3.63) is 0 Å². The first-order chi connectivity index (χ1) is 11.5.